The molecule has 1 aliphatic heterocycles. The molecule has 1 saturated heterocycles. The minimum absolute atomic E-state index is 0.163. The van der Waals surface area contributed by atoms with Crippen LogP contribution >= 0.6 is 0 Å². The van der Waals surface area contributed by atoms with Crippen LogP contribution in [-0.4, -0.2) is 38.6 Å². The van der Waals surface area contributed by atoms with Crippen LogP contribution in [0.3, 0.4) is 0 Å². The average Bonchev–Trinajstić information content (AvgIpc) is 3.08. The van der Waals surface area contributed by atoms with Gasteiger partial charge in [0.15, 0.2) is 5.82 Å². The van der Waals surface area contributed by atoms with E-state index >= 15 is 0 Å². The minimum atomic E-state index is -0.398. The standard InChI is InChI=1S/C14H17N5O2/c1-9-5-6-21-13(9)14(20)16-12-4-3-11(17-18-12)10-7-15-19(2)8-10/h3-4,7-9,13H,5-6H2,1-2H3,(H,16,18,20)/t9-,13+/m1/s1. The minimum Gasteiger partial charge on any atom is -0.368 e. The molecular formula is C14H17N5O2. The van der Waals surface area contributed by atoms with Gasteiger partial charge in [0.25, 0.3) is 5.91 Å². The molecule has 2 aromatic heterocycles. The molecule has 0 unspecified atom stereocenters. The van der Waals surface area contributed by atoms with E-state index in [1.54, 1.807) is 23.0 Å². The third-order valence-electron chi connectivity index (χ3n) is 3.56. The van der Waals surface area contributed by atoms with E-state index in [4.69, 9.17) is 4.74 Å². The lowest BCUT2D eigenvalue weighted by Gasteiger charge is -2.13. The van der Waals surface area contributed by atoms with Gasteiger partial charge in [0, 0.05) is 25.4 Å². The Morgan fingerprint density at radius 3 is 2.86 bits per heavy atom. The molecule has 1 fully saturated rings. The Hall–Kier alpha value is -2.28. The van der Waals surface area contributed by atoms with E-state index in [0.29, 0.717) is 18.1 Å². The molecule has 7 nitrogen and oxygen atoms in total. The van der Waals surface area contributed by atoms with Crippen LogP contribution in [0, 0.1) is 5.92 Å². The van der Waals surface area contributed by atoms with Gasteiger partial charge in [-0.3, -0.25) is 9.48 Å². The van der Waals surface area contributed by atoms with Crippen molar-refractivity contribution in [3.05, 3.63) is 24.5 Å². The van der Waals surface area contributed by atoms with E-state index in [1.807, 2.05) is 20.2 Å². The number of rotatable bonds is 3. The Labute approximate surface area is 122 Å². The number of anilines is 1. The van der Waals surface area contributed by atoms with Crippen molar-refractivity contribution in [3.63, 3.8) is 0 Å². The van der Waals surface area contributed by atoms with Gasteiger partial charge in [-0.15, -0.1) is 10.2 Å². The Kier molecular flexibility index (Phi) is 3.66. The van der Waals surface area contributed by atoms with Crippen molar-refractivity contribution >= 4 is 11.7 Å². The molecule has 21 heavy (non-hydrogen) atoms. The maximum Gasteiger partial charge on any atom is 0.254 e. The molecule has 2 aromatic rings. The molecule has 0 spiro atoms. The summed E-state index contributed by atoms with van der Waals surface area (Å²) in [6.07, 6.45) is 4.08. The molecule has 1 aliphatic rings. The topological polar surface area (TPSA) is 81.9 Å². The molecule has 0 saturated carbocycles. The molecule has 1 N–H and O–H groups in total. The first-order valence-electron chi connectivity index (χ1n) is 6.88. The lowest BCUT2D eigenvalue weighted by Crippen LogP contribution is -2.31. The van der Waals surface area contributed by atoms with Crippen LogP contribution < -0.4 is 5.32 Å². The molecule has 3 heterocycles. The monoisotopic (exact) mass is 287 g/mol. The summed E-state index contributed by atoms with van der Waals surface area (Å²) in [6, 6.07) is 3.53. The van der Waals surface area contributed by atoms with E-state index in [1.165, 1.54) is 0 Å². The van der Waals surface area contributed by atoms with Gasteiger partial charge >= 0.3 is 0 Å². The third-order valence-corrected chi connectivity index (χ3v) is 3.56. The second-order valence-corrected chi connectivity index (χ2v) is 5.25. The first-order valence-corrected chi connectivity index (χ1v) is 6.88. The number of aryl methyl sites for hydroxylation is 1. The van der Waals surface area contributed by atoms with Crippen molar-refractivity contribution < 1.29 is 9.53 Å². The number of hydrogen-bond acceptors (Lipinski definition) is 5. The smallest absolute Gasteiger partial charge is 0.254 e. The van der Waals surface area contributed by atoms with Gasteiger partial charge in [0.2, 0.25) is 0 Å². The fraction of sp³-hybridized carbons (Fsp3) is 0.429. The van der Waals surface area contributed by atoms with Crippen molar-refractivity contribution in [1.29, 1.82) is 0 Å². The zero-order valence-corrected chi connectivity index (χ0v) is 12.0. The van der Waals surface area contributed by atoms with Crippen LogP contribution in [0.15, 0.2) is 24.5 Å². The van der Waals surface area contributed by atoms with E-state index < -0.39 is 6.10 Å². The normalized spacial score (nSPS) is 21.4. The Morgan fingerprint density at radius 2 is 2.29 bits per heavy atom. The molecule has 7 heteroatoms. The Bertz CT molecular complexity index is 637. The van der Waals surface area contributed by atoms with Gasteiger partial charge in [-0.25, -0.2) is 0 Å². The lowest BCUT2D eigenvalue weighted by atomic mass is 10.0. The fourth-order valence-corrected chi connectivity index (χ4v) is 2.33. The molecule has 3 rings (SSSR count). The number of carbonyl (C=O) groups excluding carboxylic acids is 1. The Balaban J connectivity index is 1.68. The number of hydrogen-bond donors (Lipinski definition) is 1. The van der Waals surface area contributed by atoms with Crippen molar-refractivity contribution in [2.45, 2.75) is 19.4 Å². The predicted molar refractivity (Wildman–Crippen MR) is 76.4 cm³/mol. The Morgan fingerprint density at radius 1 is 1.43 bits per heavy atom. The van der Waals surface area contributed by atoms with E-state index in [0.717, 1.165) is 12.0 Å². The van der Waals surface area contributed by atoms with Crippen LogP contribution in [0.1, 0.15) is 13.3 Å². The van der Waals surface area contributed by atoms with Crippen molar-refractivity contribution in [2.24, 2.45) is 13.0 Å². The van der Waals surface area contributed by atoms with Gasteiger partial charge < -0.3 is 10.1 Å². The highest BCUT2D eigenvalue weighted by Crippen LogP contribution is 2.21. The summed E-state index contributed by atoms with van der Waals surface area (Å²) in [5.41, 5.74) is 1.60. The molecule has 2 atom stereocenters. The highest BCUT2D eigenvalue weighted by Gasteiger charge is 2.31. The molecule has 0 radical (unpaired) electrons. The largest absolute Gasteiger partial charge is 0.368 e. The number of carbonyl (C=O) groups is 1. The van der Waals surface area contributed by atoms with Crippen molar-refractivity contribution in [3.8, 4) is 11.3 Å². The van der Waals surface area contributed by atoms with Gasteiger partial charge in [0.05, 0.1) is 11.9 Å². The fourth-order valence-electron chi connectivity index (χ4n) is 2.33. The van der Waals surface area contributed by atoms with Crippen LogP contribution in [0.2, 0.25) is 0 Å². The van der Waals surface area contributed by atoms with Crippen molar-refractivity contribution in [2.75, 3.05) is 11.9 Å². The average molecular weight is 287 g/mol. The van der Waals surface area contributed by atoms with Crippen LogP contribution in [-0.2, 0) is 16.6 Å². The summed E-state index contributed by atoms with van der Waals surface area (Å²) in [7, 11) is 1.84. The molecular weight excluding hydrogens is 270 g/mol. The van der Waals surface area contributed by atoms with Crippen LogP contribution in [0.4, 0.5) is 5.82 Å². The zero-order valence-electron chi connectivity index (χ0n) is 12.0. The lowest BCUT2D eigenvalue weighted by molar-refractivity contribution is -0.126. The number of aromatic nitrogens is 4. The molecule has 0 aliphatic carbocycles. The first kappa shape index (κ1) is 13.7. The summed E-state index contributed by atoms with van der Waals surface area (Å²) in [5, 5.41) is 15.0. The molecule has 1 amide bonds. The second-order valence-electron chi connectivity index (χ2n) is 5.25. The van der Waals surface area contributed by atoms with Crippen molar-refractivity contribution in [1.82, 2.24) is 20.0 Å². The maximum absolute atomic E-state index is 12.1. The number of nitrogens with one attached hydrogen (secondary N) is 1. The summed E-state index contributed by atoms with van der Waals surface area (Å²) in [6.45, 7) is 2.64. The van der Waals surface area contributed by atoms with Gasteiger partial charge in [-0.05, 0) is 24.5 Å². The van der Waals surface area contributed by atoms with Crippen LogP contribution in [0.5, 0.6) is 0 Å². The quantitative estimate of drug-likeness (QED) is 0.918. The van der Waals surface area contributed by atoms with Gasteiger partial charge in [-0.2, -0.15) is 5.10 Å². The summed E-state index contributed by atoms with van der Waals surface area (Å²) < 4.78 is 7.12. The molecule has 0 bridgehead atoms. The molecule has 110 valence electrons. The SMILES string of the molecule is C[C@@H]1CCO[C@@H]1C(=O)Nc1ccc(-c2cnn(C)c2)nn1. The van der Waals surface area contributed by atoms with E-state index in [2.05, 4.69) is 20.6 Å². The van der Waals surface area contributed by atoms with Crippen LogP contribution in [0.25, 0.3) is 11.3 Å². The summed E-state index contributed by atoms with van der Waals surface area (Å²) in [5.74, 6) is 0.492. The van der Waals surface area contributed by atoms with Gasteiger partial charge in [-0.1, -0.05) is 6.92 Å². The highest BCUT2D eigenvalue weighted by atomic mass is 16.5. The van der Waals surface area contributed by atoms with E-state index in [9.17, 15) is 4.79 Å². The predicted octanol–water partition coefficient (Wildman–Crippen LogP) is 1.24. The first-order chi connectivity index (χ1) is 10.1. The highest BCUT2D eigenvalue weighted by molar-refractivity contribution is 5.93. The zero-order chi connectivity index (χ0) is 14.8. The number of ether oxygens (including phenoxy) is 1. The van der Waals surface area contributed by atoms with Gasteiger partial charge in [0.1, 0.15) is 6.10 Å². The number of nitrogens with zero attached hydrogens (tertiary/aromatic N) is 4. The summed E-state index contributed by atoms with van der Waals surface area (Å²) >= 11 is 0. The summed E-state index contributed by atoms with van der Waals surface area (Å²) in [4.78, 5) is 12.1. The second kappa shape index (κ2) is 5.61. The van der Waals surface area contributed by atoms with E-state index in [-0.39, 0.29) is 11.8 Å². The third kappa shape index (κ3) is 2.92. The maximum atomic E-state index is 12.1. The number of amides is 1. The molecule has 0 aromatic carbocycles.